The van der Waals surface area contributed by atoms with Gasteiger partial charge in [-0.3, -0.25) is 9.59 Å². The summed E-state index contributed by atoms with van der Waals surface area (Å²) in [7, 11) is 0. The molecule has 4 aromatic rings. The Kier molecular flexibility index (Phi) is 5.60. The standard InChI is InChI=1S/C26H24N4O3/c1-17-21(25(31)29-20-10-3-2-4-11-20)15-27-24(28-17)19-9-7-13-30(16-19)26(32)23-14-18-8-5-6-12-22(18)33-23/h2-6,8,10-12,14-15,19H,7,9,13,16H2,1H3,(H,29,31)/t19-/m1/s1. The van der Waals surface area contributed by atoms with Gasteiger partial charge in [-0.1, -0.05) is 36.4 Å². The minimum atomic E-state index is -0.240. The Hall–Kier alpha value is -4.00. The fourth-order valence-electron chi connectivity index (χ4n) is 4.24. The van der Waals surface area contributed by atoms with Gasteiger partial charge in [-0.25, -0.2) is 9.97 Å². The van der Waals surface area contributed by atoms with Gasteiger partial charge >= 0.3 is 0 Å². The van der Waals surface area contributed by atoms with E-state index < -0.39 is 0 Å². The number of rotatable bonds is 4. The maximum atomic E-state index is 13.1. The lowest BCUT2D eigenvalue weighted by Gasteiger charge is -2.31. The Morgan fingerprint density at radius 2 is 1.88 bits per heavy atom. The van der Waals surface area contributed by atoms with Crippen LogP contribution in [0.5, 0.6) is 0 Å². The molecule has 0 saturated carbocycles. The average molecular weight is 441 g/mol. The number of carbonyl (C=O) groups excluding carboxylic acids is 2. The van der Waals surface area contributed by atoms with Crippen molar-refractivity contribution in [2.75, 3.05) is 18.4 Å². The molecule has 0 radical (unpaired) electrons. The third kappa shape index (κ3) is 4.35. The normalized spacial score (nSPS) is 16.0. The van der Waals surface area contributed by atoms with Gasteiger partial charge in [0.05, 0.1) is 11.3 Å². The van der Waals surface area contributed by atoms with Crippen LogP contribution >= 0.6 is 0 Å². The second-order valence-corrected chi connectivity index (χ2v) is 8.29. The molecule has 0 unspecified atom stereocenters. The molecule has 1 saturated heterocycles. The predicted octanol–water partition coefficient (Wildman–Crippen LogP) is 4.80. The molecule has 2 aromatic heterocycles. The number of carbonyl (C=O) groups is 2. The highest BCUT2D eigenvalue weighted by atomic mass is 16.3. The molecular weight excluding hydrogens is 416 g/mol. The highest BCUT2D eigenvalue weighted by Crippen LogP contribution is 2.27. The maximum absolute atomic E-state index is 13.1. The Labute approximate surface area is 191 Å². The highest BCUT2D eigenvalue weighted by Gasteiger charge is 2.29. The van der Waals surface area contributed by atoms with Gasteiger partial charge in [0.15, 0.2) is 5.76 Å². The Morgan fingerprint density at radius 3 is 2.67 bits per heavy atom. The van der Waals surface area contributed by atoms with Crippen molar-refractivity contribution in [3.8, 4) is 0 Å². The van der Waals surface area contributed by atoms with E-state index in [-0.39, 0.29) is 17.7 Å². The van der Waals surface area contributed by atoms with Gasteiger partial charge in [0, 0.05) is 36.3 Å². The molecule has 1 fully saturated rings. The minimum absolute atomic E-state index is 0.0111. The summed E-state index contributed by atoms with van der Waals surface area (Å²) in [5.74, 6) is 0.659. The molecule has 166 valence electrons. The third-order valence-corrected chi connectivity index (χ3v) is 5.98. The highest BCUT2D eigenvalue weighted by molar-refractivity contribution is 6.04. The summed E-state index contributed by atoms with van der Waals surface area (Å²) >= 11 is 0. The van der Waals surface area contributed by atoms with Gasteiger partial charge in [-0.05, 0) is 44.0 Å². The first-order chi connectivity index (χ1) is 16.1. The van der Waals surface area contributed by atoms with E-state index >= 15 is 0 Å². The number of nitrogens with zero attached hydrogens (tertiary/aromatic N) is 3. The second kappa shape index (κ2) is 8.86. The van der Waals surface area contributed by atoms with Crippen LogP contribution in [-0.4, -0.2) is 39.8 Å². The van der Waals surface area contributed by atoms with E-state index in [9.17, 15) is 9.59 Å². The van der Waals surface area contributed by atoms with Crippen molar-refractivity contribution in [2.24, 2.45) is 0 Å². The quantitative estimate of drug-likeness (QED) is 0.492. The van der Waals surface area contributed by atoms with Crippen LogP contribution < -0.4 is 5.32 Å². The predicted molar refractivity (Wildman–Crippen MR) is 125 cm³/mol. The second-order valence-electron chi connectivity index (χ2n) is 8.29. The molecule has 5 rings (SSSR count). The molecule has 1 N–H and O–H groups in total. The van der Waals surface area contributed by atoms with Gasteiger partial charge in [0.25, 0.3) is 11.8 Å². The fraction of sp³-hybridized carbons (Fsp3) is 0.231. The fourth-order valence-corrected chi connectivity index (χ4v) is 4.24. The number of nitrogens with one attached hydrogen (secondary N) is 1. The average Bonchev–Trinajstić information content (AvgIpc) is 3.28. The van der Waals surface area contributed by atoms with Gasteiger partial charge < -0.3 is 14.6 Å². The number of likely N-dealkylation sites (tertiary alicyclic amines) is 1. The summed E-state index contributed by atoms with van der Waals surface area (Å²) in [5, 5.41) is 3.78. The first-order valence-electron chi connectivity index (χ1n) is 11.1. The van der Waals surface area contributed by atoms with Crippen LogP contribution in [-0.2, 0) is 0 Å². The molecule has 1 aliphatic heterocycles. The Bertz CT molecular complexity index is 1280. The van der Waals surface area contributed by atoms with Crippen LogP contribution in [0.3, 0.4) is 0 Å². The number of furan rings is 1. The van der Waals surface area contributed by atoms with Crippen molar-refractivity contribution in [3.63, 3.8) is 0 Å². The van der Waals surface area contributed by atoms with E-state index in [1.807, 2.05) is 61.5 Å². The summed E-state index contributed by atoms with van der Waals surface area (Å²) in [6.07, 6.45) is 3.32. The van der Waals surface area contributed by atoms with E-state index in [0.717, 1.165) is 23.9 Å². The van der Waals surface area contributed by atoms with Gasteiger partial charge in [0.2, 0.25) is 0 Å². The minimum Gasteiger partial charge on any atom is -0.451 e. The van der Waals surface area contributed by atoms with Crippen molar-refractivity contribution >= 4 is 28.5 Å². The largest absolute Gasteiger partial charge is 0.451 e. The molecule has 3 heterocycles. The van der Waals surface area contributed by atoms with E-state index in [1.54, 1.807) is 17.2 Å². The van der Waals surface area contributed by atoms with Crippen molar-refractivity contribution in [1.82, 2.24) is 14.9 Å². The van der Waals surface area contributed by atoms with Crippen LogP contribution in [0.2, 0.25) is 0 Å². The van der Waals surface area contributed by atoms with Crippen LogP contribution in [0.4, 0.5) is 5.69 Å². The Balaban J connectivity index is 1.30. The van der Waals surface area contributed by atoms with Crippen molar-refractivity contribution in [2.45, 2.75) is 25.7 Å². The van der Waals surface area contributed by atoms with Crippen molar-refractivity contribution in [3.05, 3.63) is 89.7 Å². The monoisotopic (exact) mass is 440 g/mol. The molecule has 7 nitrogen and oxygen atoms in total. The SMILES string of the molecule is Cc1nc([C@@H]2CCCN(C(=O)c3cc4ccccc4o3)C2)ncc1C(=O)Nc1ccccc1. The first-order valence-corrected chi connectivity index (χ1v) is 11.1. The Morgan fingerprint density at radius 1 is 1.09 bits per heavy atom. The zero-order valence-electron chi connectivity index (χ0n) is 18.3. The zero-order chi connectivity index (χ0) is 22.8. The molecule has 0 aliphatic carbocycles. The number of aryl methyl sites for hydroxylation is 1. The topological polar surface area (TPSA) is 88.3 Å². The lowest BCUT2D eigenvalue weighted by molar-refractivity contribution is 0.0674. The molecule has 1 aliphatic rings. The molecular formula is C26H24N4O3. The van der Waals surface area contributed by atoms with E-state index in [2.05, 4.69) is 15.3 Å². The van der Waals surface area contributed by atoms with E-state index in [1.165, 1.54) is 0 Å². The van der Waals surface area contributed by atoms with E-state index in [4.69, 9.17) is 4.42 Å². The van der Waals surface area contributed by atoms with Gasteiger partial charge in [-0.2, -0.15) is 0 Å². The maximum Gasteiger partial charge on any atom is 0.289 e. The molecule has 2 aromatic carbocycles. The summed E-state index contributed by atoms with van der Waals surface area (Å²) in [4.78, 5) is 36.6. The van der Waals surface area contributed by atoms with Crippen LogP contribution in [0, 0.1) is 6.92 Å². The smallest absolute Gasteiger partial charge is 0.289 e. The number of fused-ring (bicyclic) bond motifs is 1. The number of aromatic nitrogens is 2. The number of benzene rings is 2. The molecule has 33 heavy (non-hydrogen) atoms. The summed E-state index contributed by atoms with van der Waals surface area (Å²) < 4.78 is 5.77. The van der Waals surface area contributed by atoms with Gasteiger partial charge in [-0.15, -0.1) is 0 Å². The van der Waals surface area contributed by atoms with E-state index in [0.29, 0.717) is 41.5 Å². The number of anilines is 1. The van der Waals surface area contributed by atoms with Gasteiger partial charge in [0.1, 0.15) is 11.4 Å². The molecule has 1 atom stereocenters. The zero-order valence-corrected chi connectivity index (χ0v) is 18.3. The lowest BCUT2D eigenvalue weighted by Crippen LogP contribution is -2.39. The van der Waals surface area contributed by atoms with Crippen molar-refractivity contribution < 1.29 is 14.0 Å². The lowest BCUT2D eigenvalue weighted by atomic mass is 9.96. The summed E-state index contributed by atoms with van der Waals surface area (Å²) in [6.45, 7) is 3.00. The summed E-state index contributed by atoms with van der Waals surface area (Å²) in [6, 6.07) is 18.7. The molecule has 0 spiro atoms. The first kappa shape index (κ1) is 20.9. The van der Waals surface area contributed by atoms with Crippen LogP contribution in [0.1, 0.15) is 51.2 Å². The number of hydrogen-bond acceptors (Lipinski definition) is 5. The van der Waals surface area contributed by atoms with Crippen LogP contribution in [0.15, 0.2) is 71.3 Å². The number of piperidine rings is 1. The number of amides is 2. The molecule has 2 amide bonds. The van der Waals surface area contributed by atoms with Crippen LogP contribution in [0.25, 0.3) is 11.0 Å². The van der Waals surface area contributed by atoms with Crippen molar-refractivity contribution in [1.29, 1.82) is 0 Å². The summed E-state index contributed by atoms with van der Waals surface area (Å²) in [5.41, 5.74) is 2.48. The third-order valence-electron chi connectivity index (χ3n) is 5.98. The molecule has 0 bridgehead atoms. The molecule has 7 heteroatoms. The number of hydrogen-bond donors (Lipinski definition) is 1. The number of para-hydroxylation sites is 2.